The van der Waals surface area contributed by atoms with E-state index in [1.807, 2.05) is 30.3 Å². The van der Waals surface area contributed by atoms with Gasteiger partial charge in [0, 0.05) is 5.56 Å². The van der Waals surface area contributed by atoms with Crippen molar-refractivity contribution in [2.75, 3.05) is 7.11 Å². The van der Waals surface area contributed by atoms with Gasteiger partial charge in [-0.05, 0) is 41.5 Å². The van der Waals surface area contributed by atoms with Crippen LogP contribution in [0.25, 0.3) is 6.08 Å². The molecule has 3 aromatic carbocycles. The molecule has 3 aromatic rings. The van der Waals surface area contributed by atoms with E-state index < -0.39 is 5.97 Å². The minimum absolute atomic E-state index is 0.188. The Kier molecular flexibility index (Phi) is 6.00. The number of hydrogen-bond donors (Lipinski definition) is 0. The van der Waals surface area contributed by atoms with Crippen LogP contribution >= 0.6 is 11.6 Å². The minimum Gasteiger partial charge on any atom is -0.493 e. The second-order valence-electron chi connectivity index (χ2n) is 6.69. The van der Waals surface area contributed by atoms with Crippen molar-refractivity contribution in [3.63, 3.8) is 0 Å². The number of carbonyl (C=O) groups is 1. The number of halogens is 2. The minimum atomic E-state index is -0.550. The van der Waals surface area contributed by atoms with E-state index in [4.69, 9.17) is 25.9 Å². The number of nitrogens with zero attached hydrogens (tertiary/aromatic N) is 1. The molecule has 7 heteroatoms. The fourth-order valence-corrected chi connectivity index (χ4v) is 3.35. The van der Waals surface area contributed by atoms with Crippen molar-refractivity contribution in [1.29, 1.82) is 0 Å². The average molecular weight is 438 g/mol. The highest BCUT2D eigenvalue weighted by molar-refractivity contribution is 6.33. The zero-order valence-corrected chi connectivity index (χ0v) is 17.2. The zero-order valence-electron chi connectivity index (χ0n) is 16.5. The van der Waals surface area contributed by atoms with Crippen LogP contribution in [0.1, 0.15) is 16.7 Å². The molecule has 0 saturated carbocycles. The third-order valence-corrected chi connectivity index (χ3v) is 4.88. The van der Waals surface area contributed by atoms with E-state index in [1.54, 1.807) is 30.3 Å². The van der Waals surface area contributed by atoms with E-state index in [0.717, 1.165) is 11.1 Å². The van der Waals surface area contributed by atoms with Gasteiger partial charge in [0.25, 0.3) is 0 Å². The van der Waals surface area contributed by atoms with Crippen LogP contribution in [0.3, 0.4) is 0 Å². The first-order valence-corrected chi connectivity index (χ1v) is 9.74. The summed E-state index contributed by atoms with van der Waals surface area (Å²) >= 11 is 6.44. The predicted octanol–water partition coefficient (Wildman–Crippen LogP) is 5.41. The number of oxime groups is 1. The van der Waals surface area contributed by atoms with Gasteiger partial charge in [-0.15, -0.1) is 0 Å². The molecule has 0 radical (unpaired) electrons. The molecule has 0 atom stereocenters. The first-order chi connectivity index (χ1) is 15.0. The van der Waals surface area contributed by atoms with E-state index >= 15 is 0 Å². The third kappa shape index (κ3) is 4.59. The van der Waals surface area contributed by atoms with Crippen LogP contribution in [0.4, 0.5) is 4.39 Å². The van der Waals surface area contributed by atoms with Gasteiger partial charge in [-0.25, -0.2) is 9.18 Å². The zero-order chi connectivity index (χ0) is 21.8. The Hall–Kier alpha value is -3.64. The molecule has 0 fully saturated rings. The lowest BCUT2D eigenvalue weighted by Crippen LogP contribution is -2.06. The molecule has 1 aliphatic heterocycles. The van der Waals surface area contributed by atoms with Gasteiger partial charge in [0.15, 0.2) is 11.5 Å². The summed E-state index contributed by atoms with van der Waals surface area (Å²) in [7, 11) is 1.49. The van der Waals surface area contributed by atoms with Crippen molar-refractivity contribution in [2.45, 2.75) is 6.61 Å². The van der Waals surface area contributed by atoms with Crippen LogP contribution in [0, 0.1) is 5.82 Å². The molecule has 31 heavy (non-hydrogen) atoms. The highest BCUT2D eigenvalue weighted by Crippen LogP contribution is 2.38. The SMILES string of the molecule is COc1cc(/C=C2\C(=O)ON=C2c2ccccc2)cc(Cl)c1OCc1ccc(F)cc1. The van der Waals surface area contributed by atoms with E-state index in [-0.39, 0.29) is 12.4 Å². The number of hydrogen-bond acceptors (Lipinski definition) is 5. The summed E-state index contributed by atoms with van der Waals surface area (Å²) in [5, 5.41) is 4.20. The van der Waals surface area contributed by atoms with Crippen molar-refractivity contribution in [3.8, 4) is 11.5 Å². The average Bonchev–Trinajstić information content (AvgIpc) is 3.14. The quantitative estimate of drug-likeness (QED) is 0.382. The summed E-state index contributed by atoms with van der Waals surface area (Å²) in [6.45, 7) is 0.188. The van der Waals surface area contributed by atoms with Gasteiger partial charge in [-0.2, -0.15) is 0 Å². The molecule has 1 heterocycles. The first kappa shape index (κ1) is 20.6. The summed E-state index contributed by atoms with van der Waals surface area (Å²) < 4.78 is 24.3. The van der Waals surface area contributed by atoms with Gasteiger partial charge >= 0.3 is 5.97 Å². The molecule has 0 aliphatic carbocycles. The van der Waals surface area contributed by atoms with Gasteiger partial charge in [0.2, 0.25) is 0 Å². The van der Waals surface area contributed by atoms with Crippen LogP contribution in [0.5, 0.6) is 11.5 Å². The van der Waals surface area contributed by atoms with Crippen molar-refractivity contribution in [1.82, 2.24) is 0 Å². The van der Waals surface area contributed by atoms with E-state index in [9.17, 15) is 9.18 Å². The summed E-state index contributed by atoms with van der Waals surface area (Å²) in [4.78, 5) is 17.1. The van der Waals surface area contributed by atoms with Gasteiger partial charge in [0.05, 0.1) is 17.7 Å². The predicted molar refractivity (Wildman–Crippen MR) is 116 cm³/mol. The molecule has 0 amide bonds. The molecule has 5 nitrogen and oxygen atoms in total. The fraction of sp³-hybridized carbons (Fsp3) is 0.0833. The summed E-state index contributed by atoms with van der Waals surface area (Å²) in [5.74, 6) is -0.126. The molecule has 4 rings (SSSR count). The van der Waals surface area contributed by atoms with Crippen molar-refractivity contribution < 1.29 is 23.5 Å². The number of carbonyl (C=O) groups excluding carboxylic acids is 1. The molecule has 0 saturated heterocycles. The Balaban J connectivity index is 1.62. The Morgan fingerprint density at radius 2 is 1.84 bits per heavy atom. The Morgan fingerprint density at radius 3 is 2.55 bits per heavy atom. The monoisotopic (exact) mass is 437 g/mol. The molecular formula is C24H17ClFNO4. The third-order valence-electron chi connectivity index (χ3n) is 4.60. The highest BCUT2D eigenvalue weighted by atomic mass is 35.5. The lowest BCUT2D eigenvalue weighted by molar-refractivity contribution is -0.136. The maximum absolute atomic E-state index is 13.1. The molecular weight excluding hydrogens is 421 g/mol. The van der Waals surface area contributed by atoms with E-state index in [0.29, 0.717) is 33.4 Å². The molecule has 0 spiro atoms. The normalized spacial score (nSPS) is 14.4. The molecule has 0 unspecified atom stereocenters. The van der Waals surface area contributed by atoms with E-state index in [2.05, 4.69) is 5.16 Å². The van der Waals surface area contributed by atoms with Crippen LogP contribution in [0.2, 0.25) is 5.02 Å². The summed E-state index contributed by atoms with van der Waals surface area (Å²) in [6, 6.07) is 18.6. The second kappa shape index (κ2) is 9.02. The Bertz CT molecular complexity index is 1170. The second-order valence-corrected chi connectivity index (χ2v) is 7.10. The first-order valence-electron chi connectivity index (χ1n) is 9.37. The lowest BCUT2D eigenvalue weighted by Gasteiger charge is -2.13. The maximum Gasteiger partial charge on any atom is 0.368 e. The van der Waals surface area contributed by atoms with Gasteiger partial charge < -0.3 is 14.3 Å². The standard InChI is InChI=1S/C24H17ClFNO4/c1-29-21-13-16(11-19-22(27-31-24(19)28)17-5-3-2-4-6-17)12-20(25)23(21)30-14-15-7-9-18(26)10-8-15/h2-13H,14H2,1H3/b19-11-. The molecule has 1 aliphatic rings. The van der Waals surface area contributed by atoms with Gasteiger partial charge in [-0.3, -0.25) is 0 Å². The molecule has 156 valence electrons. The van der Waals surface area contributed by atoms with Crippen molar-refractivity contribution in [2.24, 2.45) is 5.16 Å². The van der Waals surface area contributed by atoms with Gasteiger partial charge in [0.1, 0.15) is 18.1 Å². The Labute approximate surface area is 183 Å². The van der Waals surface area contributed by atoms with Crippen LogP contribution in [0.15, 0.2) is 77.5 Å². The van der Waals surface area contributed by atoms with E-state index in [1.165, 1.54) is 19.2 Å². The van der Waals surface area contributed by atoms with Crippen molar-refractivity contribution >= 4 is 29.4 Å². The fourth-order valence-electron chi connectivity index (χ4n) is 3.08. The highest BCUT2D eigenvalue weighted by Gasteiger charge is 2.27. The van der Waals surface area contributed by atoms with Crippen LogP contribution in [-0.2, 0) is 16.2 Å². The lowest BCUT2D eigenvalue weighted by atomic mass is 10.0. The topological polar surface area (TPSA) is 57.1 Å². The largest absolute Gasteiger partial charge is 0.493 e. The van der Waals surface area contributed by atoms with Gasteiger partial charge in [-0.1, -0.05) is 59.2 Å². The Morgan fingerprint density at radius 1 is 1.10 bits per heavy atom. The summed E-state index contributed by atoms with van der Waals surface area (Å²) in [5.41, 5.74) is 2.91. The smallest absolute Gasteiger partial charge is 0.368 e. The van der Waals surface area contributed by atoms with Crippen LogP contribution in [-0.4, -0.2) is 18.8 Å². The molecule has 0 bridgehead atoms. The number of benzene rings is 3. The van der Waals surface area contributed by atoms with Crippen LogP contribution < -0.4 is 9.47 Å². The number of methoxy groups -OCH3 is 1. The van der Waals surface area contributed by atoms with Crippen molar-refractivity contribution in [3.05, 3.63) is 99.8 Å². The maximum atomic E-state index is 13.1. The molecule has 0 aromatic heterocycles. The molecule has 0 N–H and O–H groups in total. The number of ether oxygens (including phenoxy) is 2. The summed E-state index contributed by atoms with van der Waals surface area (Å²) in [6.07, 6.45) is 1.64. The number of rotatable bonds is 6.